The first kappa shape index (κ1) is 19.2. The van der Waals surface area contributed by atoms with Gasteiger partial charge in [0.15, 0.2) is 0 Å². The molecule has 28 heavy (non-hydrogen) atoms. The summed E-state index contributed by atoms with van der Waals surface area (Å²) in [6.07, 6.45) is 7.46. The largest absolute Gasteiger partial charge is 0.330 e. The molecule has 4 rings (SSSR count). The van der Waals surface area contributed by atoms with E-state index < -0.39 is 0 Å². The Bertz CT molecular complexity index is 830. The van der Waals surface area contributed by atoms with Crippen LogP contribution in [0, 0.1) is 0 Å². The van der Waals surface area contributed by atoms with Gasteiger partial charge in [-0.25, -0.2) is 0 Å². The number of nitrogens with zero attached hydrogens (tertiary/aromatic N) is 2. The molecule has 2 aliphatic heterocycles. The second-order valence-electron chi connectivity index (χ2n) is 7.71. The quantitative estimate of drug-likeness (QED) is 0.662. The molecule has 0 N–H and O–H groups in total. The van der Waals surface area contributed by atoms with Crippen molar-refractivity contribution in [2.24, 2.45) is 0 Å². The third-order valence-electron chi connectivity index (χ3n) is 5.89. The molecule has 2 heterocycles. The van der Waals surface area contributed by atoms with Gasteiger partial charge in [-0.05, 0) is 49.5 Å². The van der Waals surface area contributed by atoms with Gasteiger partial charge in [-0.2, -0.15) is 0 Å². The lowest BCUT2D eigenvalue weighted by molar-refractivity contribution is -0.134. The molecule has 2 aromatic rings. The van der Waals surface area contributed by atoms with E-state index >= 15 is 0 Å². The van der Waals surface area contributed by atoms with Crippen molar-refractivity contribution in [2.75, 3.05) is 26.2 Å². The van der Waals surface area contributed by atoms with E-state index in [4.69, 9.17) is 11.6 Å². The van der Waals surface area contributed by atoms with E-state index in [1.807, 2.05) is 30.3 Å². The molecule has 2 atom stereocenters. The third-order valence-corrected chi connectivity index (χ3v) is 6.24. The fourth-order valence-corrected chi connectivity index (χ4v) is 4.65. The summed E-state index contributed by atoms with van der Waals surface area (Å²) >= 11 is 6.45. The summed E-state index contributed by atoms with van der Waals surface area (Å²) in [6, 6.07) is 18.3. The van der Waals surface area contributed by atoms with Crippen molar-refractivity contribution in [1.82, 2.24) is 9.80 Å². The first-order valence-corrected chi connectivity index (χ1v) is 10.6. The maximum Gasteiger partial charge on any atom is 0.231 e. The lowest BCUT2D eigenvalue weighted by Crippen LogP contribution is -2.42. The van der Waals surface area contributed by atoms with Crippen molar-refractivity contribution in [3.8, 4) is 0 Å². The van der Waals surface area contributed by atoms with E-state index in [1.54, 1.807) is 0 Å². The molecule has 2 unspecified atom stereocenters. The molecule has 1 amide bonds. The molecule has 0 aliphatic carbocycles. The smallest absolute Gasteiger partial charge is 0.231 e. The second-order valence-corrected chi connectivity index (χ2v) is 8.11. The summed E-state index contributed by atoms with van der Waals surface area (Å²) in [4.78, 5) is 18.2. The Morgan fingerprint density at radius 2 is 1.68 bits per heavy atom. The van der Waals surface area contributed by atoms with Gasteiger partial charge in [0, 0.05) is 18.1 Å². The molecule has 2 aliphatic rings. The number of benzene rings is 2. The Balaban J connectivity index is 1.67. The molecule has 4 heteroatoms. The predicted molar refractivity (Wildman–Crippen MR) is 115 cm³/mol. The van der Waals surface area contributed by atoms with E-state index in [9.17, 15) is 4.79 Å². The van der Waals surface area contributed by atoms with Crippen LogP contribution in [0.2, 0.25) is 5.02 Å². The maximum atomic E-state index is 13.7. The van der Waals surface area contributed by atoms with Gasteiger partial charge in [0.2, 0.25) is 5.91 Å². The lowest BCUT2D eigenvalue weighted by Gasteiger charge is -2.35. The van der Waals surface area contributed by atoms with Gasteiger partial charge in [0.05, 0.1) is 12.0 Å². The van der Waals surface area contributed by atoms with Crippen LogP contribution in [0.1, 0.15) is 42.3 Å². The van der Waals surface area contributed by atoms with Crippen LogP contribution in [0.25, 0.3) is 0 Å². The fraction of sp³-hybridized carbons (Fsp3) is 0.375. The van der Waals surface area contributed by atoms with Crippen LogP contribution >= 0.6 is 11.6 Å². The second kappa shape index (κ2) is 8.93. The number of carbonyl (C=O) groups is 1. The highest BCUT2D eigenvalue weighted by Gasteiger charge is 2.33. The van der Waals surface area contributed by atoms with Gasteiger partial charge < -0.3 is 9.80 Å². The van der Waals surface area contributed by atoms with E-state index in [1.165, 1.54) is 18.4 Å². The molecule has 0 aromatic heterocycles. The number of rotatable bonds is 5. The third kappa shape index (κ3) is 4.16. The van der Waals surface area contributed by atoms with E-state index in [2.05, 4.69) is 46.2 Å². The Kier molecular flexibility index (Phi) is 6.13. The zero-order valence-electron chi connectivity index (χ0n) is 16.1. The summed E-state index contributed by atoms with van der Waals surface area (Å²) in [7, 11) is 0. The number of likely N-dealkylation sites (tertiary alicyclic amines) is 1. The average Bonchev–Trinajstić information content (AvgIpc) is 3.17. The van der Waals surface area contributed by atoms with E-state index in [-0.39, 0.29) is 17.9 Å². The minimum absolute atomic E-state index is 0.0551. The van der Waals surface area contributed by atoms with Crippen molar-refractivity contribution in [2.45, 2.75) is 31.2 Å². The van der Waals surface area contributed by atoms with Crippen LogP contribution in [0.5, 0.6) is 0 Å². The first-order chi connectivity index (χ1) is 13.7. The topological polar surface area (TPSA) is 23.6 Å². The standard InChI is InChI=1S/C24H27ClN2O/c25-22-14-5-4-12-20(22)21-13-6-7-17-27(24(21)28)23(18-26-15-8-9-16-26)19-10-2-1-3-11-19/h1-7,10-12,14,21,23H,8-9,13,15-18H2. The summed E-state index contributed by atoms with van der Waals surface area (Å²) < 4.78 is 0. The summed E-state index contributed by atoms with van der Waals surface area (Å²) in [5.41, 5.74) is 2.13. The zero-order valence-corrected chi connectivity index (χ0v) is 16.9. The predicted octanol–water partition coefficient (Wildman–Crippen LogP) is 5.05. The number of amides is 1. The van der Waals surface area contributed by atoms with Crippen LogP contribution in [0.3, 0.4) is 0 Å². The molecule has 0 radical (unpaired) electrons. The number of carbonyl (C=O) groups excluding carboxylic acids is 1. The van der Waals surface area contributed by atoms with Gasteiger partial charge in [-0.1, -0.05) is 72.3 Å². The highest BCUT2D eigenvalue weighted by atomic mass is 35.5. The molecule has 3 nitrogen and oxygen atoms in total. The molecule has 0 bridgehead atoms. The van der Waals surface area contributed by atoms with Crippen LogP contribution in [0.4, 0.5) is 0 Å². The van der Waals surface area contributed by atoms with Crippen LogP contribution < -0.4 is 0 Å². The molecular formula is C24H27ClN2O. The molecule has 0 spiro atoms. The summed E-state index contributed by atoms with van der Waals surface area (Å²) in [5.74, 6) is -0.0524. The van der Waals surface area contributed by atoms with Gasteiger partial charge in [-0.15, -0.1) is 0 Å². The Morgan fingerprint density at radius 3 is 2.43 bits per heavy atom. The molecule has 1 fully saturated rings. The lowest BCUT2D eigenvalue weighted by atomic mass is 9.93. The molecule has 2 aromatic carbocycles. The molecule has 146 valence electrons. The van der Waals surface area contributed by atoms with Gasteiger partial charge in [0.1, 0.15) is 0 Å². The minimum atomic E-state index is -0.225. The van der Waals surface area contributed by atoms with Crippen molar-refractivity contribution >= 4 is 17.5 Å². The van der Waals surface area contributed by atoms with Crippen LogP contribution in [-0.2, 0) is 4.79 Å². The monoisotopic (exact) mass is 394 g/mol. The molecular weight excluding hydrogens is 368 g/mol. The Morgan fingerprint density at radius 1 is 0.964 bits per heavy atom. The zero-order chi connectivity index (χ0) is 19.3. The number of allylic oxidation sites excluding steroid dienone is 1. The normalized spacial score (nSPS) is 21.7. The van der Waals surface area contributed by atoms with E-state index in [0.29, 0.717) is 18.0 Å². The van der Waals surface area contributed by atoms with Crippen molar-refractivity contribution < 1.29 is 4.79 Å². The SMILES string of the molecule is O=C1C(c2ccccc2Cl)CC=CCN1C(CN1CCCC1)c1ccccc1. The van der Waals surface area contributed by atoms with Gasteiger partial charge in [-0.3, -0.25) is 4.79 Å². The van der Waals surface area contributed by atoms with Gasteiger partial charge in [0.25, 0.3) is 0 Å². The van der Waals surface area contributed by atoms with E-state index in [0.717, 1.165) is 25.2 Å². The average molecular weight is 395 g/mol. The fourth-order valence-electron chi connectivity index (χ4n) is 4.38. The molecule has 0 saturated carbocycles. The highest BCUT2D eigenvalue weighted by Crippen LogP contribution is 2.34. The minimum Gasteiger partial charge on any atom is -0.330 e. The van der Waals surface area contributed by atoms with Crippen LogP contribution in [0.15, 0.2) is 66.7 Å². The van der Waals surface area contributed by atoms with Gasteiger partial charge >= 0.3 is 0 Å². The van der Waals surface area contributed by atoms with Crippen molar-refractivity contribution in [1.29, 1.82) is 0 Å². The van der Waals surface area contributed by atoms with Crippen molar-refractivity contribution in [3.63, 3.8) is 0 Å². The number of halogens is 1. The summed E-state index contributed by atoms with van der Waals surface area (Å²) in [6.45, 7) is 3.77. The van der Waals surface area contributed by atoms with Crippen LogP contribution in [-0.4, -0.2) is 41.9 Å². The number of hydrogen-bond acceptors (Lipinski definition) is 2. The van der Waals surface area contributed by atoms with Crippen molar-refractivity contribution in [3.05, 3.63) is 82.9 Å². The Labute approximate surface area is 172 Å². The maximum absolute atomic E-state index is 13.7. The Hall–Kier alpha value is -2.10. The molecule has 1 saturated heterocycles. The number of hydrogen-bond donors (Lipinski definition) is 0. The summed E-state index contributed by atoms with van der Waals surface area (Å²) in [5, 5.41) is 0.673. The highest BCUT2D eigenvalue weighted by molar-refractivity contribution is 6.31. The first-order valence-electron chi connectivity index (χ1n) is 10.2.